The van der Waals surface area contributed by atoms with Crippen molar-refractivity contribution in [2.75, 3.05) is 53.4 Å². The van der Waals surface area contributed by atoms with Crippen molar-refractivity contribution in [2.45, 2.75) is 52.4 Å². The quantitative estimate of drug-likeness (QED) is 0.325. The first-order chi connectivity index (χ1) is 12.5. The lowest BCUT2D eigenvalue weighted by Gasteiger charge is -2.32. The molecule has 2 fully saturated rings. The molecule has 7 heteroatoms. The second-order valence-corrected chi connectivity index (χ2v) is 8.16. The van der Waals surface area contributed by atoms with E-state index in [1.54, 1.807) is 4.90 Å². The molecule has 1 unspecified atom stereocenters. The number of piperidine rings is 1. The number of likely N-dealkylation sites (tertiary alicyclic amines) is 1. The fourth-order valence-electron chi connectivity index (χ4n) is 4.38. The summed E-state index contributed by atoms with van der Waals surface area (Å²) in [7, 11) is 3.72. The summed E-state index contributed by atoms with van der Waals surface area (Å²) in [5, 5.41) is 6.89. The Bertz CT molecular complexity index is 477. The van der Waals surface area contributed by atoms with Gasteiger partial charge in [-0.05, 0) is 51.6 Å². The Morgan fingerprint density at radius 2 is 1.89 bits per heavy atom. The highest BCUT2D eigenvalue weighted by molar-refractivity contribution is 14.0. The van der Waals surface area contributed by atoms with E-state index in [4.69, 9.17) is 4.99 Å². The molecule has 0 aromatic heterocycles. The number of hydrogen-bond donors (Lipinski definition) is 2. The Morgan fingerprint density at radius 3 is 2.48 bits per heavy atom. The highest BCUT2D eigenvalue weighted by atomic mass is 127. The Labute approximate surface area is 182 Å². The third kappa shape index (κ3) is 7.07. The maximum absolute atomic E-state index is 12.7. The van der Waals surface area contributed by atoms with Crippen LogP contribution >= 0.6 is 24.0 Å². The summed E-state index contributed by atoms with van der Waals surface area (Å²) in [4.78, 5) is 21.8. The molecule has 1 atom stereocenters. The average molecular weight is 493 g/mol. The van der Waals surface area contributed by atoms with E-state index in [0.29, 0.717) is 12.5 Å². The Hall–Kier alpha value is -0.570. The minimum atomic E-state index is -0.296. The molecule has 0 radical (unpaired) electrons. The van der Waals surface area contributed by atoms with E-state index in [9.17, 15) is 4.79 Å². The van der Waals surface area contributed by atoms with E-state index in [0.717, 1.165) is 51.3 Å². The van der Waals surface area contributed by atoms with Crippen LogP contribution in [0.3, 0.4) is 0 Å². The van der Waals surface area contributed by atoms with Crippen LogP contribution in [0.15, 0.2) is 4.99 Å². The molecule has 0 bridgehead atoms. The van der Waals surface area contributed by atoms with Gasteiger partial charge < -0.3 is 20.4 Å². The summed E-state index contributed by atoms with van der Waals surface area (Å²) >= 11 is 0. The van der Waals surface area contributed by atoms with E-state index in [1.165, 1.54) is 25.9 Å². The third-order valence-electron chi connectivity index (χ3n) is 5.91. The van der Waals surface area contributed by atoms with Gasteiger partial charge in [0.25, 0.3) is 0 Å². The summed E-state index contributed by atoms with van der Waals surface area (Å²) in [6.07, 6.45) is 6.75. The highest BCUT2D eigenvalue weighted by Gasteiger charge is 2.42. The molecule has 158 valence electrons. The molecule has 27 heavy (non-hydrogen) atoms. The number of nitrogens with one attached hydrogen (secondary N) is 2. The van der Waals surface area contributed by atoms with E-state index in [2.05, 4.69) is 29.4 Å². The molecular weight excluding hydrogens is 453 g/mol. The highest BCUT2D eigenvalue weighted by Crippen LogP contribution is 2.39. The average Bonchev–Trinajstić information content (AvgIpc) is 3.13. The number of hydrogen-bond acceptors (Lipinski definition) is 3. The number of halogens is 1. The van der Waals surface area contributed by atoms with Gasteiger partial charge in [-0.3, -0.25) is 9.79 Å². The van der Waals surface area contributed by atoms with Gasteiger partial charge in [-0.15, -0.1) is 24.0 Å². The van der Waals surface area contributed by atoms with Crippen molar-refractivity contribution in [3.8, 4) is 0 Å². The van der Waals surface area contributed by atoms with Crippen molar-refractivity contribution in [1.29, 1.82) is 0 Å². The van der Waals surface area contributed by atoms with Crippen LogP contribution in [-0.2, 0) is 4.79 Å². The molecule has 0 aromatic rings. The fourth-order valence-corrected chi connectivity index (χ4v) is 4.38. The number of carbonyl (C=O) groups is 1. The largest absolute Gasteiger partial charge is 0.357 e. The molecule has 1 heterocycles. The first-order valence-electron chi connectivity index (χ1n) is 10.5. The molecule has 0 aromatic carbocycles. The molecule has 1 aliphatic carbocycles. The van der Waals surface area contributed by atoms with Crippen molar-refractivity contribution in [1.82, 2.24) is 20.4 Å². The Morgan fingerprint density at radius 1 is 1.19 bits per heavy atom. The number of aliphatic imine (C=N–C) groups is 1. The predicted molar refractivity (Wildman–Crippen MR) is 124 cm³/mol. The smallest absolute Gasteiger partial charge is 0.230 e. The summed E-state index contributed by atoms with van der Waals surface area (Å²) in [5.41, 5.74) is -0.296. The lowest BCUT2D eigenvalue weighted by molar-refractivity contribution is -0.138. The van der Waals surface area contributed by atoms with Gasteiger partial charge in [-0.25, -0.2) is 0 Å². The first-order valence-corrected chi connectivity index (χ1v) is 10.5. The van der Waals surface area contributed by atoms with E-state index >= 15 is 0 Å². The number of amides is 1. The van der Waals surface area contributed by atoms with Crippen molar-refractivity contribution in [3.05, 3.63) is 0 Å². The van der Waals surface area contributed by atoms with Crippen molar-refractivity contribution >= 4 is 35.8 Å². The number of guanidine groups is 1. The van der Waals surface area contributed by atoms with E-state index in [-0.39, 0.29) is 35.3 Å². The van der Waals surface area contributed by atoms with Crippen molar-refractivity contribution in [3.63, 3.8) is 0 Å². The lowest BCUT2D eigenvalue weighted by Crippen LogP contribution is -2.45. The molecule has 2 N–H and O–H groups in total. The zero-order chi connectivity index (χ0) is 19.0. The number of nitrogens with zero attached hydrogens (tertiary/aromatic N) is 3. The van der Waals surface area contributed by atoms with Crippen molar-refractivity contribution < 1.29 is 4.79 Å². The van der Waals surface area contributed by atoms with Gasteiger partial charge in [0.2, 0.25) is 5.91 Å². The van der Waals surface area contributed by atoms with Gasteiger partial charge in [0.1, 0.15) is 0 Å². The molecule has 1 aliphatic heterocycles. The van der Waals surface area contributed by atoms with Crippen LogP contribution in [0.1, 0.15) is 52.4 Å². The van der Waals surface area contributed by atoms with Crippen LogP contribution in [0, 0.1) is 11.3 Å². The lowest BCUT2D eigenvalue weighted by atomic mass is 9.85. The Balaban J connectivity index is 0.00000364. The zero-order valence-corrected chi connectivity index (χ0v) is 20.1. The molecule has 1 saturated heterocycles. The maximum atomic E-state index is 12.7. The summed E-state index contributed by atoms with van der Waals surface area (Å²) in [5.74, 6) is 1.77. The normalized spacial score (nSPS) is 22.8. The van der Waals surface area contributed by atoms with Crippen LogP contribution in [0.25, 0.3) is 0 Å². The second kappa shape index (κ2) is 12.1. The van der Waals surface area contributed by atoms with Gasteiger partial charge in [0, 0.05) is 33.7 Å². The molecule has 2 aliphatic rings. The summed E-state index contributed by atoms with van der Waals surface area (Å²) < 4.78 is 0. The van der Waals surface area contributed by atoms with Gasteiger partial charge >= 0.3 is 0 Å². The third-order valence-corrected chi connectivity index (χ3v) is 5.91. The topological polar surface area (TPSA) is 60.0 Å². The van der Waals surface area contributed by atoms with Gasteiger partial charge in [-0.2, -0.15) is 0 Å². The molecule has 2 rings (SSSR count). The van der Waals surface area contributed by atoms with E-state index in [1.807, 2.05) is 14.1 Å². The number of carbonyl (C=O) groups excluding carboxylic acids is 1. The van der Waals surface area contributed by atoms with Gasteiger partial charge in [-0.1, -0.05) is 19.8 Å². The zero-order valence-electron chi connectivity index (χ0n) is 17.7. The minimum Gasteiger partial charge on any atom is -0.357 e. The van der Waals surface area contributed by atoms with Crippen LogP contribution < -0.4 is 10.6 Å². The van der Waals surface area contributed by atoms with Crippen LogP contribution in [0.2, 0.25) is 0 Å². The number of rotatable bonds is 7. The first kappa shape index (κ1) is 24.5. The molecule has 6 nitrogen and oxygen atoms in total. The van der Waals surface area contributed by atoms with Crippen LogP contribution in [0.5, 0.6) is 0 Å². The molecule has 1 amide bonds. The van der Waals surface area contributed by atoms with Gasteiger partial charge in [0.05, 0.1) is 12.0 Å². The SMILES string of the molecule is CCNC(=NCC1(C(=O)N(C)C)CCCC1)NCC1CCCN(CC)C1.I. The van der Waals surface area contributed by atoms with E-state index < -0.39 is 0 Å². The second-order valence-electron chi connectivity index (χ2n) is 8.16. The Kier molecular flexibility index (Phi) is 11.0. The molecule has 0 spiro atoms. The molecular formula is C20H40IN5O. The monoisotopic (exact) mass is 493 g/mol. The predicted octanol–water partition coefficient (Wildman–Crippen LogP) is 2.54. The minimum absolute atomic E-state index is 0. The van der Waals surface area contributed by atoms with Crippen molar-refractivity contribution in [2.24, 2.45) is 16.3 Å². The summed E-state index contributed by atoms with van der Waals surface area (Å²) in [6, 6.07) is 0. The fraction of sp³-hybridized carbons (Fsp3) is 0.900. The van der Waals surface area contributed by atoms with Crippen LogP contribution in [0.4, 0.5) is 0 Å². The maximum Gasteiger partial charge on any atom is 0.230 e. The van der Waals surface area contributed by atoms with Gasteiger partial charge in [0.15, 0.2) is 5.96 Å². The molecule has 1 saturated carbocycles. The summed E-state index contributed by atoms with van der Waals surface area (Å²) in [6.45, 7) is 10.3. The standard InChI is InChI=1S/C20H39N5O.HI/c1-5-21-19(22-14-17-10-9-13-25(6-2)15-17)23-16-20(11-7-8-12-20)18(26)24(3)4;/h17H,5-16H2,1-4H3,(H2,21,22,23);1H. The van der Waals surface area contributed by atoms with Crippen LogP contribution in [-0.4, -0.2) is 75.0 Å².